The Morgan fingerprint density at radius 1 is 0.759 bits per heavy atom. The van der Waals surface area contributed by atoms with E-state index in [0.29, 0.717) is 6.61 Å². The molecule has 4 N–H and O–H groups in total. The summed E-state index contributed by atoms with van der Waals surface area (Å²) in [5, 5.41) is 19.8. The van der Waals surface area contributed by atoms with Crippen molar-refractivity contribution in [3.63, 3.8) is 0 Å². The van der Waals surface area contributed by atoms with Gasteiger partial charge in [0.2, 0.25) is 0 Å². The van der Waals surface area contributed by atoms with Crippen LogP contribution in [0, 0.1) is 0 Å². The lowest BCUT2D eigenvalue weighted by Gasteiger charge is -2.27. The molecule has 0 aliphatic carbocycles. The number of para-hydroxylation sites is 2. The molecule has 6 heteroatoms. The van der Waals surface area contributed by atoms with E-state index in [-0.39, 0.29) is 11.5 Å². The maximum Gasteiger partial charge on any atom is 0.327 e. The number of benzene rings is 2. The molecule has 0 aliphatic rings. The van der Waals surface area contributed by atoms with Gasteiger partial charge in [0, 0.05) is 16.5 Å². The van der Waals surface area contributed by atoms with Crippen LogP contribution in [0.3, 0.4) is 0 Å². The van der Waals surface area contributed by atoms with Crippen molar-refractivity contribution in [3.05, 3.63) is 59.7 Å². The van der Waals surface area contributed by atoms with E-state index in [2.05, 4.69) is 11.4 Å². The predicted octanol–water partition coefficient (Wildman–Crippen LogP) is 6.00. The number of unbranched alkanes of at least 4 members (excludes halogenated alkanes) is 5. The first-order valence-electron chi connectivity index (χ1n) is 10.2. The number of hydrogen-bond donors (Lipinski definition) is 4. The largest absolute Gasteiger partial charge is 0.508 e. The molecule has 0 unspecified atom stereocenters. The second-order valence-electron chi connectivity index (χ2n) is 7.51. The highest BCUT2D eigenvalue weighted by Crippen LogP contribution is 2.40. The van der Waals surface area contributed by atoms with Gasteiger partial charge < -0.3 is 24.5 Å². The molecule has 0 atom stereocenters. The van der Waals surface area contributed by atoms with Crippen LogP contribution in [0.25, 0.3) is 0 Å². The number of phenolic OH excluding ortho intramolecular Hbond substituents is 2. The SMILES string of the molecule is CC(C)(c1ccccc1O)c1ccccc1O.CCCCCCCCOP(O)O. The zero-order valence-corrected chi connectivity index (χ0v) is 18.6. The third-order valence-corrected chi connectivity index (χ3v) is 5.27. The normalized spacial score (nSPS) is 11.2. The van der Waals surface area contributed by atoms with Gasteiger partial charge in [0.05, 0.1) is 6.61 Å². The summed E-state index contributed by atoms with van der Waals surface area (Å²) in [4.78, 5) is 16.8. The van der Waals surface area contributed by atoms with Gasteiger partial charge in [-0.25, -0.2) is 0 Å². The molecular formula is C23H35O5P. The monoisotopic (exact) mass is 422 g/mol. The van der Waals surface area contributed by atoms with Crippen LogP contribution in [-0.2, 0) is 9.94 Å². The van der Waals surface area contributed by atoms with E-state index in [4.69, 9.17) is 9.79 Å². The van der Waals surface area contributed by atoms with E-state index in [1.54, 1.807) is 24.3 Å². The summed E-state index contributed by atoms with van der Waals surface area (Å²) >= 11 is 0. The Hall–Kier alpha value is -1.65. The molecule has 0 fully saturated rings. The minimum Gasteiger partial charge on any atom is -0.508 e. The second-order valence-corrected chi connectivity index (χ2v) is 8.28. The topological polar surface area (TPSA) is 90.2 Å². The first-order valence-corrected chi connectivity index (χ1v) is 11.3. The van der Waals surface area contributed by atoms with Crippen molar-refractivity contribution in [2.45, 2.75) is 64.7 Å². The Labute approximate surface area is 176 Å². The molecule has 29 heavy (non-hydrogen) atoms. The van der Waals surface area contributed by atoms with E-state index in [1.807, 2.05) is 38.1 Å². The molecule has 0 spiro atoms. The van der Waals surface area contributed by atoms with Crippen LogP contribution in [0.4, 0.5) is 0 Å². The molecule has 5 nitrogen and oxygen atoms in total. The highest BCUT2D eigenvalue weighted by molar-refractivity contribution is 7.39. The van der Waals surface area contributed by atoms with Crippen LogP contribution < -0.4 is 0 Å². The molecule has 0 saturated heterocycles. The fraction of sp³-hybridized carbons (Fsp3) is 0.478. The molecule has 162 valence electrons. The van der Waals surface area contributed by atoms with Gasteiger partial charge in [-0.1, -0.05) is 89.3 Å². The van der Waals surface area contributed by atoms with Gasteiger partial charge in [0.1, 0.15) is 11.5 Å². The maximum absolute atomic E-state index is 9.92. The average Bonchev–Trinajstić information content (AvgIpc) is 2.68. The molecule has 2 aromatic rings. The highest BCUT2D eigenvalue weighted by atomic mass is 31.2. The van der Waals surface area contributed by atoms with Crippen molar-refractivity contribution in [1.29, 1.82) is 0 Å². The van der Waals surface area contributed by atoms with Crippen molar-refractivity contribution in [2.75, 3.05) is 6.61 Å². The summed E-state index contributed by atoms with van der Waals surface area (Å²) < 4.78 is 4.62. The Morgan fingerprint density at radius 2 is 1.21 bits per heavy atom. The van der Waals surface area contributed by atoms with Crippen LogP contribution in [0.5, 0.6) is 11.5 Å². The van der Waals surface area contributed by atoms with Gasteiger partial charge in [-0.3, -0.25) is 0 Å². The van der Waals surface area contributed by atoms with Gasteiger partial charge in [0.15, 0.2) is 0 Å². The van der Waals surface area contributed by atoms with Crippen LogP contribution in [0.15, 0.2) is 48.5 Å². The molecule has 0 aromatic heterocycles. The third kappa shape index (κ3) is 9.14. The van der Waals surface area contributed by atoms with Crippen LogP contribution in [-0.4, -0.2) is 26.6 Å². The molecule has 2 rings (SSSR count). The molecule has 0 aliphatic heterocycles. The fourth-order valence-corrected chi connectivity index (χ4v) is 3.47. The number of aromatic hydroxyl groups is 2. The number of phenols is 2. The lowest BCUT2D eigenvalue weighted by atomic mass is 9.77. The molecule has 0 amide bonds. The number of hydrogen-bond acceptors (Lipinski definition) is 5. The van der Waals surface area contributed by atoms with Gasteiger partial charge in [-0.05, 0) is 18.6 Å². The van der Waals surface area contributed by atoms with Gasteiger partial charge in [0.25, 0.3) is 0 Å². The summed E-state index contributed by atoms with van der Waals surface area (Å²) in [6.07, 6.45) is 7.13. The smallest absolute Gasteiger partial charge is 0.327 e. The molecular weight excluding hydrogens is 387 g/mol. The standard InChI is InChI=1S/C15H16O2.C8H19O3P/c1-15(2,11-7-3-5-9-13(11)16)12-8-4-6-10-14(12)17;1-2-3-4-5-6-7-8-11-12(9)10/h3-10,16-17H,1-2H3;9-10H,2-8H2,1H3. The molecule has 0 saturated carbocycles. The Balaban J connectivity index is 0.000000311. The van der Waals surface area contributed by atoms with Crippen LogP contribution in [0.1, 0.15) is 70.4 Å². The second kappa shape index (κ2) is 13.6. The van der Waals surface area contributed by atoms with E-state index < -0.39 is 14.0 Å². The Bertz CT molecular complexity index is 656. The molecule has 0 heterocycles. The van der Waals surface area contributed by atoms with Crippen molar-refractivity contribution in [1.82, 2.24) is 0 Å². The number of rotatable bonds is 10. The zero-order chi connectivity index (χ0) is 21.7. The lowest BCUT2D eigenvalue weighted by molar-refractivity contribution is 0.248. The summed E-state index contributed by atoms with van der Waals surface area (Å²) in [5.74, 6) is 0.501. The Morgan fingerprint density at radius 3 is 1.66 bits per heavy atom. The highest BCUT2D eigenvalue weighted by Gasteiger charge is 2.28. The summed E-state index contributed by atoms with van der Waals surface area (Å²) in [6, 6.07) is 14.4. The van der Waals surface area contributed by atoms with Gasteiger partial charge >= 0.3 is 8.60 Å². The predicted molar refractivity (Wildman–Crippen MR) is 119 cm³/mol. The van der Waals surface area contributed by atoms with Crippen molar-refractivity contribution < 1.29 is 24.5 Å². The minimum absolute atomic E-state index is 0.251. The van der Waals surface area contributed by atoms with Crippen LogP contribution >= 0.6 is 8.60 Å². The van der Waals surface area contributed by atoms with E-state index >= 15 is 0 Å². The first-order chi connectivity index (χ1) is 13.8. The summed E-state index contributed by atoms with van der Waals surface area (Å²) in [5.41, 5.74) is 1.18. The van der Waals surface area contributed by atoms with Crippen molar-refractivity contribution >= 4 is 8.60 Å². The van der Waals surface area contributed by atoms with Crippen molar-refractivity contribution in [3.8, 4) is 11.5 Å². The average molecular weight is 423 g/mol. The lowest BCUT2D eigenvalue weighted by Crippen LogP contribution is -2.19. The van der Waals surface area contributed by atoms with E-state index in [0.717, 1.165) is 24.0 Å². The fourth-order valence-electron chi connectivity index (χ4n) is 3.18. The molecule has 0 bridgehead atoms. The van der Waals surface area contributed by atoms with E-state index in [1.165, 1.54) is 25.7 Å². The zero-order valence-electron chi connectivity index (χ0n) is 17.7. The van der Waals surface area contributed by atoms with Crippen molar-refractivity contribution in [2.24, 2.45) is 0 Å². The molecule has 0 radical (unpaired) electrons. The van der Waals surface area contributed by atoms with E-state index in [9.17, 15) is 10.2 Å². The quantitative estimate of drug-likeness (QED) is 0.279. The third-order valence-electron chi connectivity index (χ3n) is 4.86. The van der Waals surface area contributed by atoms with Gasteiger partial charge in [-0.15, -0.1) is 0 Å². The van der Waals surface area contributed by atoms with Gasteiger partial charge in [-0.2, -0.15) is 0 Å². The summed E-state index contributed by atoms with van der Waals surface area (Å²) in [6.45, 7) is 6.63. The summed E-state index contributed by atoms with van der Waals surface area (Å²) in [7, 11) is -2.13. The maximum atomic E-state index is 9.92. The minimum atomic E-state index is -2.13. The van der Waals surface area contributed by atoms with Crippen LogP contribution in [0.2, 0.25) is 0 Å². The molecule has 2 aromatic carbocycles. The Kier molecular flexibility index (Phi) is 11.9. The first kappa shape index (κ1) is 25.4.